The van der Waals surface area contributed by atoms with E-state index >= 15 is 0 Å². The zero-order chi connectivity index (χ0) is 12.9. The Morgan fingerprint density at radius 1 is 1.53 bits per heavy atom. The largest absolute Gasteiger partial charge is 0.480 e. The summed E-state index contributed by atoms with van der Waals surface area (Å²) in [7, 11) is 1.36. The number of rotatable bonds is 5. The molecular weight excluding hydrogens is 228 g/mol. The molecule has 1 heterocycles. The number of amides is 1. The van der Waals surface area contributed by atoms with Gasteiger partial charge in [0.25, 0.3) is 5.91 Å². The number of carboxylic acid groups (broad SMARTS) is 1. The minimum atomic E-state index is -1.26. The molecule has 0 aromatic carbocycles. The van der Waals surface area contributed by atoms with E-state index in [2.05, 4.69) is 5.32 Å². The maximum Gasteiger partial charge on any atom is 0.329 e. The molecule has 0 bridgehead atoms. The van der Waals surface area contributed by atoms with Crippen LogP contribution >= 0.6 is 0 Å². The van der Waals surface area contributed by atoms with Crippen molar-refractivity contribution in [2.75, 3.05) is 26.9 Å². The van der Waals surface area contributed by atoms with Gasteiger partial charge in [-0.3, -0.25) is 4.79 Å². The molecule has 0 saturated carbocycles. The van der Waals surface area contributed by atoms with E-state index in [-0.39, 0.29) is 19.4 Å². The third-order valence-electron chi connectivity index (χ3n) is 2.91. The van der Waals surface area contributed by atoms with Gasteiger partial charge in [-0.25, -0.2) is 4.79 Å². The average molecular weight is 246 g/mol. The number of hydrogen-bond acceptors (Lipinski definition) is 5. The topological polar surface area (TPSA) is 111 Å². The molecule has 98 valence electrons. The number of carboxylic acids is 1. The molecular formula is C10H18N2O5. The molecule has 1 aliphatic rings. The van der Waals surface area contributed by atoms with Gasteiger partial charge in [-0.15, -0.1) is 0 Å². The van der Waals surface area contributed by atoms with E-state index in [1.807, 2.05) is 0 Å². The van der Waals surface area contributed by atoms with Crippen LogP contribution < -0.4 is 11.1 Å². The van der Waals surface area contributed by atoms with Crippen molar-refractivity contribution in [3.8, 4) is 0 Å². The van der Waals surface area contributed by atoms with Crippen molar-refractivity contribution in [2.45, 2.75) is 24.5 Å². The standard InChI is InChI=1S/C10H18N2O5/c1-16-7(6-11)8(13)12-10(9(14)15)2-4-17-5-3-10/h7H,2-6,11H2,1H3,(H,12,13)(H,14,15). The maximum atomic E-state index is 11.8. The Kier molecular flexibility index (Phi) is 4.86. The second-order valence-electron chi connectivity index (χ2n) is 3.95. The predicted octanol–water partition coefficient (Wildman–Crippen LogP) is -1.29. The van der Waals surface area contributed by atoms with E-state index in [1.54, 1.807) is 0 Å². The van der Waals surface area contributed by atoms with E-state index in [0.717, 1.165) is 0 Å². The van der Waals surface area contributed by atoms with E-state index in [1.165, 1.54) is 7.11 Å². The second kappa shape index (κ2) is 5.95. The van der Waals surface area contributed by atoms with Crippen LogP contribution in [0.3, 0.4) is 0 Å². The number of nitrogens with one attached hydrogen (secondary N) is 1. The van der Waals surface area contributed by atoms with E-state index < -0.39 is 23.5 Å². The van der Waals surface area contributed by atoms with Crippen molar-refractivity contribution in [1.29, 1.82) is 0 Å². The summed E-state index contributed by atoms with van der Waals surface area (Å²) in [4.78, 5) is 23.0. The molecule has 1 amide bonds. The number of carbonyl (C=O) groups is 2. The highest BCUT2D eigenvalue weighted by atomic mass is 16.5. The first kappa shape index (κ1) is 13.9. The third-order valence-corrected chi connectivity index (χ3v) is 2.91. The van der Waals surface area contributed by atoms with Crippen molar-refractivity contribution in [3.05, 3.63) is 0 Å². The van der Waals surface area contributed by atoms with Crippen molar-refractivity contribution in [3.63, 3.8) is 0 Å². The SMILES string of the molecule is COC(CN)C(=O)NC1(C(=O)O)CCOCC1. The van der Waals surface area contributed by atoms with Crippen molar-refractivity contribution in [2.24, 2.45) is 5.73 Å². The van der Waals surface area contributed by atoms with Gasteiger partial charge in [0.2, 0.25) is 0 Å². The van der Waals surface area contributed by atoms with Crippen molar-refractivity contribution < 1.29 is 24.2 Å². The summed E-state index contributed by atoms with van der Waals surface area (Å²) in [5.41, 5.74) is 4.09. The number of hydrogen-bond donors (Lipinski definition) is 3. The van der Waals surface area contributed by atoms with Crippen molar-refractivity contribution in [1.82, 2.24) is 5.32 Å². The molecule has 0 spiro atoms. The Labute approximate surface area is 99.3 Å². The van der Waals surface area contributed by atoms with Gasteiger partial charge in [-0.1, -0.05) is 0 Å². The first-order chi connectivity index (χ1) is 8.05. The van der Waals surface area contributed by atoms with Gasteiger partial charge in [0, 0.05) is 39.7 Å². The molecule has 1 fully saturated rings. The lowest BCUT2D eigenvalue weighted by molar-refractivity contribution is -0.154. The molecule has 1 aliphatic heterocycles. The number of carbonyl (C=O) groups excluding carboxylic acids is 1. The van der Waals surface area contributed by atoms with Crippen LogP contribution in [0.25, 0.3) is 0 Å². The molecule has 0 aromatic heterocycles. The summed E-state index contributed by atoms with van der Waals surface area (Å²) in [5, 5.41) is 11.7. The second-order valence-corrected chi connectivity index (χ2v) is 3.95. The van der Waals surface area contributed by atoms with Crippen LogP contribution in [0.2, 0.25) is 0 Å². The molecule has 0 aromatic rings. The Morgan fingerprint density at radius 3 is 2.53 bits per heavy atom. The van der Waals surface area contributed by atoms with Crippen LogP contribution in [0.15, 0.2) is 0 Å². The van der Waals surface area contributed by atoms with Gasteiger partial charge in [0.1, 0.15) is 11.6 Å². The number of nitrogens with two attached hydrogens (primary N) is 1. The zero-order valence-electron chi connectivity index (χ0n) is 9.77. The fraction of sp³-hybridized carbons (Fsp3) is 0.800. The van der Waals surface area contributed by atoms with Gasteiger partial charge in [0.05, 0.1) is 0 Å². The predicted molar refractivity (Wildman–Crippen MR) is 58.4 cm³/mol. The average Bonchev–Trinajstić information content (AvgIpc) is 2.31. The molecule has 1 atom stereocenters. The fourth-order valence-corrected chi connectivity index (χ4v) is 1.74. The van der Waals surface area contributed by atoms with Gasteiger partial charge in [0.15, 0.2) is 0 Å². The molecule has 7 nitrogen and oxygen atoms in total. The van der Waals surface area contributed by atoms with E-state index in [9.17, 15) is 14.7 Å². The van der Waals surface area contributed by atoms with Crippen LogP contribution in [-0.4, -0.2) is 55.5 Å². The summed E-state index contributed by atoms with van der Waals surface area (Å²) >= 11 is 0. The highest BCUT2D eigenvalue weighted by Crippen LogP contribution is 2.21. The molecule has 17 heavy (non-hydrogen) atoms. The number of ether oxygens (including phenoxy) is 2. The van der Waals surface area contributed by atoms with Crippen LogP contribution in [0.4, 0.5) is 0 Å². The lowest BCUT2D eigenvalue weighted by Crippen LogP contribution is -2.60. The molecule has 1 unspecified atom stereocenters. The Hall–Kier alpha value is -1.18. The van der Waals surface area contributed by atoms with Crippen LogP contribution in [0, 0.1) is 0 Å². The lowest BCUT2D eigenvalue weighted by Gasteiger charge is -2.34. The Morgan fingerprint density at radius 2 is 2.12 bits per heavy atom. The van der Waals surface area contributed by atoms with Gasteiger partial charge >= 0.3 is 5.97 Å². The van der Waals surface area contributed by atoms with Crippen LogP contribution in [-0.2, 0) is 19.1 Å². The summed E-state index contributed by atoms with van der Waals surface area (Å²) in [6.45, 7) is 0.633. The number of aliphatic carboxylic acids is 1. The normalized spacial score (nSPS) is 20.6. The molecule has 0 aliphatic carbocycles. The molecule has 1 saturated heterocycles. The smallest absolute Gasteiger partial charge is 0.329 e. The Bertz CT molecular complexity index is 284. The molecule has 0 radical (unpaired) electrons. The van der Waals surface area contributed by atoms with Gasteiger partial charge < -0.3 is 25.6 Å². The van der Waals surface area contributed by atoms with Gasteiger partial charge in [-0.05, 0) is 0 Å². The highest BCUT2D eigenvalue weighted by Gasteiger charge is 2.42. The van der Waals surface area contributed by atoms with Crippen molar-refractivity contribution >= 4 is 11.9 Å². The van der Waals surface area contributed by atoms with E-state index in [4.69, 9.17) is 15.2 Å². The maximum absolute atomic E-state index is 11.8. The summed E-state index contributed by atoms with van der Waals surface area (Å²) in [6.07, 6.45) is -0.335. The summed E-state index contributed by atoms with van der Waals surface area (Å²) < 4.78 is 9.97. The Balaban J connectivity index is 2.73. The fourth-order valence-electron chi connectivity index (χ4n) is 1.74. The molecule has 1 rings (SSSR count). The minimum absolute atomic E-state index is 0.00846. The molecule has 4 N–H and O–H groups in total. The first-order valence-electron chi connectivity index (χ1n) is 5.42. The zero-order valence-corrected chi connectivity index (χ0v) is 9.77. The highest BCUT2D eigenvalue weighted by molar-refractivity contribution is 5.89. The van der Waals surface area contributed by atoms with Crippen LogP contribution in [0.5, 0.6) is 0 Å². The monoisotopic (exact) mass is 246 g/mol. The minimum Gasteiger partial charge on any atom is -0.480 e. The summed E-state index contributed by atoms with van der Waals surface area (Å²) in [5.74, 6) is -1.56. The summed E-state index contributed by atoms with van der Waals surface area (Å²) in [6, 6.07) is 0. The number of methoxy groups -OCH3 is 1. The van der Waals surface area contributed by atoms with Crippen LogP contribution in [0.1, 0.15) is 12.8 Å². The third kappa shape index (κ3) is 3.15. The van der Waals surface area contributed by atoms with Gasteiger partial charge in [-0.2, -0.15) is 0 Å². The first-order valence-corrected chi connectivity index (χ1v) is 5.42. The quantitative estimate of drug-likeness (QED) is 0.556. The van der Waals surface area contributed by atoms with E-state index in [0.29, 0.717) is 13.2 Å². The lowest BCUT2D eigenvalue weighted by atomic mass is 9.90. The molecule has 7 heteroatoms.